The molecule has 1 saturated heterocycles. The summed E-state index contributed by atoms with van der Waals surface area (Å²) in [7, 11) is 0. The van der Waals surface area contributed by atoms with E-state index in [2.05, 4.69) is 10.2 Å². The van der Waals surface area contributed by atoms with Crippen molar-refractivity contribution in [2.75, 3.05) is 25.1 Å². The maximum absolute atomic E-state index is 13.2. The second kappa shape index (κ2) is 4.42. The summed E-state index contributed by atoms with van der Waals surface area (Å²) in [6.45, 7) is 3.00. The molecule has 0 bridgehead atoms. The molecule has 2 nitrogen and oxygen atoms in total. The maximum atomic E-state index is 13.2. The molecule has 0 spiro atoms. The van der Waals surface area contributed by atoms with E-state index in [1.807, 2.05) is 6.07 Å². The standard InChI is InChI=1S/C11H15FN2/c12-10-5-1-2-6-11(10)13-9-14-7-3-4-8-14/h1-2,5-6,13H,3-4,7-9H2. The van der Waals surface area contributed by atoms with Crippen molar-refractivity contribution in [2.45, 2.75) is 12.8 Å². The SMILES string of the molecule is Fc1ccccc1NCN1CCCC1. The molecule has 1 aliphatic rings. The first-order chi connectivity index (χ1) is 6.86. The number of para-hydroxylation sites is 1. The van der Waals surface area contributed by atoms with Gasteiger partial charge in [0.25, 0.3) is 0 Å². The summed E-state index contributed by atoms with van der Waals surface area (Å²) in [5, 5.41) is 3.11. The lowest BCUT2D eigenvalue weighted by Crippen LogP contribution is -2.26. The minimum Gasteiger partial charge on any atom is -0.370 e. The lowest BCUT2D eigenvalue weighted by molar-refractivity contribution is 0.363. The molecule has 1 N–H and O–H groups in total. The molecule has 0 atom stereocenters. The highest BCUT2D eigenvalue weighted by molar-refractivity contribution is 5.43. The van der Waals surface area contributed by atoms with Crippen LogP contribution in [0.2, 0.25) is 0 Å². The van der Waals surface area contributed by atoms with Gasteiger partial charge in [-0.1, -0.05) is 12.1 Å². The van der Waals surface area contributed by atoms with Gasteiger partial charge in [-0.25, -0.2) is 4.39 Å². The molecule has 1 aliphatic heterocycles. The first-order valence-electron chi connectivity index (χ1n) is 5.07. The summed E-state index contributed by atoms with van der Waals surface area (Å²) in [4.78, 5) is 2.30. The van der Waals surface area contributed by atoms with Gasteiger partial charge >= 0.3 is 0 Å². The highest BCUT2D eigenvalue weighted by atomic mass is 19.1. The highest BCUT2D eigenvalue weighted by Gasteiger charge is 2.10. The zero-order chi connectivity index (χ0) is 9.80. The van der Waals surface area contributed by atoms with Crippen molar-refractivity contribution in [3.63, 3.8) is 0 Å². The molecule has 0 radical (unpaired) electrons. The minimum absolute atomic E-state index is 0.174. The number of nitrogens with one attached hydrogen (secondary N) is 1. The number of rotatable bonds is 3. The van der Waals surface area contributed by atoms with E-state index < -0.39 is 0 Å². The van der Waals surface area contributed by atoms with Crippen LogP contribution in [0.5, 0.6) is 0 Å². The molecule has 0 aromatic heterocycles. The van der Waals surface area contributed by atoms with Crippen LogP contribution < -0.4 is 5.32 Å². The zero-order valence-electron chi connectivity index (χ0n) is 8.17. The van der Waals surface area contributed by atoms with Crippen molar-refractivity contribution < 1.29 is 4.39 Å². The maximum Gasteiger partial charge on any atom is 0.146 e. The largest absolute Gasteiger partial charge is 0.370 e. The van der Waals surface area contributed by atoms with Crippen molar-refractivity contribution in [1.29, 1.82) is 0 Å². The Hall–Kier alpha value is -1.09. The Morgan fingerprint density at radius 1 is 1.21 bits per heavy atom. The third kappa shape index (κ3) is 2.23. The second-order valence-electron chi connectivity index (χ2n) is 3.64. The highest BCUT2D eigenvalue weighted by Crippen LogP contribution is 2.13. The number of anilines is 1. The van der Waals surface area contributed by atoms with Crippen LogP contribution in [-0.4, -0.2) is 24.7 Å². The van der Waals surface area contributed by atoms with Crippen molar-refractivity contribution >= 4 is 5.69 Å². The Morgan fingerprint density at radius 3 is 2.64 bits per heavy atom. The lowest BCUT2D eigenvalue weighted by atomic mass is 10.3. The van der Waals surface area contributed by atoms with E-state index in [-0.39, 0.29) is 5.82 Å². The van der Waals surface area contributed by atoms with Gasteiger partial charge in [-0.3, -0.25) is 4.90 Å². The number of likely N-dealkylation sites (tertiary alicyclic amines) is 1. The van der Waals surface area contributed by atoms with Gasteiger partial charge in [-0.15, -0.1) is 0 Å². The summed E-state index contributed by atoms with van der Waals surface area (Å²) >= 11 is 0. The third-order valence-corrected chi connectivity index (χ3v) is 2.57. The predicted molar refractivity (Wildman–Crippen MR) is 55.7 cm³/mol. The monoisotopic (exact) mass is 194 g/mol. The van der Waals surface area contributed by atoms with E-state index >= 15 is 0 Å². The number of hydrogen-bond donors (Lipinski definition) is 1. The molecule has 0 saturated carbocycles. The average Bonchev–Trinajstić information content (AvgIpc) is 2.69. The van der Waals surface area contributed by atoms with Crippen molar-refractivity contribution in [2.24, 2.45) is 0 Å². The van der Waals surface area contributed by atoms with Crippen molar-refractivity contribution in [3.8, 4) is 0 Å². The number of hydrogen-bond acceptors (Lipinski definition) is 2. The fourth-order valence-corrected chi connectivity index (χ4v) is 1.74. The average molecular weight is 194 g/mol. The molecule has 1 fully saturated rings. The quantitative estimate of drug-likeness (QED) is 0.794. The van der Waals surface area contributed by atoms with Gasteiger partial charge in [-0.2, -0.15) is 0 Å². The number of benzene rings is 1. The summed E-state index contributed by atoms with van der Waals surface area (Å²) in [6.07, 6.45) is 2.53. The van der Waals surface area contributed by atoms with Crippen LogP contribution in [0.1, 0.15) is 12.8 Å². The van der Waals surface area contributed by atoms with Crippen LogP contribution >= 0.6 is 0 Å². The normalized spacial score (nSPS) is 17.2. The topological polar surface area (TPSA) is 15.3 Å². The van der Waals surface area contributed by atoms with E-state index in [4.69, 9.17) is 0 Å². The fraction of sp³-hybridized carbons (Fsp3) is 0.455. The Bertz CT molecular complexity index is 295. The van der Waals surface area contributed by atoms with Crippen molar-refractivity contribution in [3.05, 3.63) is 30.1 Å². The smallest absolute Gasteiger partial charge is 0.146 e. The fourth-order valence-electron chi connectivity index (χ4n) is 1.74. The summed E-state index contributed by atoms with van der Waals surface area (Å²) < 4.78 is 13.2. The van der Waals surface area contributed by atoms with Gasteiger partial charge in [-0.05, 0) is 38.1 Å². The van der Waals surface area contributed by atoms with E-state index in [9.17, 15) is 4.39 Å². The lowest BCUT2D eigenvalue weighted by Gasteiger charge is -2.16. The van der Waals surface area contributed by atoms with Crippen LogP contribution in [0.25, 0.3) is 0 Å². The molecular formula is C11H15FN2. The van der Waals surface area contributed by atoms with E-state index in [0.717, 1.165) is 19.8 Å². The Labute approximate surface area is 83.7 Å². The van der Waals surface area contributed by atoms with Gasteiger partial charge in [0.05, 0.1) is 12.4 Å². The molecule has 3 heteroatoms. The van der Waals surface area contributed by atoms with Gasteiger partial charge in [0.15, 0.2) is 0 Å². The molecule has 1 aromatic carbocycles. The van der Waals surface area contributed by atoms with Gasteiger partial charge in [0.2, 0.25) is 0 Å². The van der Waals surface area contributed by atoms with Crippen LogP contribution in [0.15, 0.2) is 24.3 Å². The molecular weight excluding hydrogens is 179 g/mol. The van der Waals surface area contributed by atoms with Crippen LogP contribution in [0.4, 0.5) is 10.1 Å². The van der Waals surface area contributed by atoms with Crippen molar-refractivity contribution in [1.82, 2.24) is 4.90 Å². The summed E-state index contributed by atoms with van der Waals surface area (Å²) in [5.41, 5.74) is 0.597. The first kappa shape index (κ1) is 9.46. The van der Waals surface area contributed by atoms with E-state index in [0.29, 0.717) is 5.69 Å². The molecule has 0 amide bonds. The molecule has 1 heterocycles. The Kier molecular flexibility index (Phi) is 2.99. The van der Waals surface area contributed by atoms with E-state index in [1.165, 1.54) is 18.9 Å². The molecule has 14 heavy (non-hydrogen) atoms. The van der Waals surface area contributed by atoms with Crippen LogP contribution in [0.3, 0.4) is 0 Å². The molecule has 0 aliphatic carbocycles. The minimum atomic E-state index is -0.174. The van der Waals surface area contributed by atoms with E-state index in [1.54, 1.807) is 12.1 Å². The van der Waals surface area contributed by atoms with Gasteiger partial charge in [0.1, 0.15) is 5.82 Å². The third-order valence-electron chi connectivity index (χ3n) is 2.57. The number of nitrogens with zero attached hydrogens (tertiary/aromatic N) is 1. The summed E-state index contributed by atoms with van der Waals surface area (Å²) in [5.74, 6) is -0.174. The van der Waals surface area contributed by atoms with Gasteiger partial charge < -0.3 is 5.32 Å². The zero-order valence-corrected chi connectivity index (χ0v) is 8.17. The Morgan fingerprint density at radius 2 is 1.93 bits per heavy atom. The molecule has 76 valence electrons. The van der Waals surface area contributed by atoms with Crippen LogP contribution in [0, 0.1) is 5.82 Å². The van der Waals surface area contributed by atoms with Gasteiger partial charge in [0, 0.05) is 0 Å². The number of halogens is 1. The second-order valence-corrected chi connectivity index (χ2v) is 3.64. The first-order valence-corrected chi connectivity index (χ1v) is 5.07. The summed E-state index contributed by atoms with van der Waals surface area (Å²) in [6, 6.07) is 6.80. The van der Waals surface area contributed by atoms with Crippen LogP contribution in [-0.2, 0) is 0 Å². The Balaban J connectivity index is 1.88. The molecule has 1 aromatic rings. The molecule has 0 unspecified atom stereocenters. The predicted octanol–water partition coefficient (Wildman–Crippen LogP) is 2.29. The molecule has 2 rings (SSSR count).